The predicted molar refractivity (Wildman–Crippen MR) is 77.0 cm³/mol. The minimum Gasteiger partial charge on any atom is -0.493 e. The molecule has 0 aliphatic heterocycles. The first-order valence-electron chi connectivity index (χ1n) is 6.82. The Morgan fingerprint density at radius 1 is 1.00 bits per heavy atom. The van der Waals surface area contributed by atoms with Crippen molar-refractivity contribution >= 4 is 5.97 Å². The van der Waals surface area contributed by atoms with Crippen LogP contribution in [0.25, 0.3) is 0 Å². The zero-order chi connectivity index (χ0) is 15.7. The highest BCUT2D eigenvalue weighted by Crippen LogP contribution is 2.39. The van der Waals surface area contributed by atoms with Crippen LogP contribution in [0.1, 0.15) is 36.5 Å². The fraction of sp³-hybridized carbons (Fsp3) is 0.533. The molecule has 1 rings (SSSR count). The van der Waals surface area contributed by atoms with Crippen molar-refractivity contribution in [2.45, 2.75) is 26.2 Å². The summed E-state index contributed by atoms with van der Waals surface area (Å²) in [5.74, 6) is 0.415. The number of unbranched alkanes of at least 4 members (excludes halogenated alkanes) is 2. The largest absolute Gasteiger partial charge is 0.493 e. The van der Waals surface area contributed by atoms with Gasteiger partial charge in [-0.2, -0.15) is 4.89 Å². The summed E-state index contributed by atoms with van der Waals surface area (Å²) in [5, 5.41) is 0. The summed E-state index contributed by atoms with van der Waals surface area (Å²) in [5.41, 5.74) is 0.214. The van der Waals surface area contributed by atoms with Crippen molar-refractivity contribution in [3.05, 3.63) is 17.7 Å². The zero-order valence-corrected chi connectivity index (χ0v) is 12.9. The molecule has 6 heteroatoms. The summed E-state index contributed by atoms with van der Waals surface area (Å²) in [6, 6.07) is 3.15. The molecule has 0 aliphatic carbocycles. The third kappa shape index (κ3) is 4.53. The first-order chi connectivity index (χ1) is 10.2. The Labute approximate surface area is 124 Å². The van der Waals surface area contributed by atoms with Crippen molar-refractivity contribution in [2.24, 2.45) is 0 Å². The van der Waals surface area contributed by atoms with E-state index in [9.17, 15) is 4.79 Å². The Hall–Kier alpha value is -1.95. The van der Waals surface area contributed by atoms with Gasteiger partial charge in [0.25, 0.3) is 0 Å². The molecule has 21 heavy (non-hydrogen) atoms. The Morgan fingerprint density at radius 3 is 2.29 bits per heavy atom. The Kier molecular flexibility index (Phi) is 7.39. The van der Waals surface area contributed by atoms with E-state index in [2.05, 4.69) is 6.92 Å². The van der Waals surface area contributed by atoms with Crippen LogP contribution < -0.4 is 14.2 Å². The van der Waals surface area contributed by atoms with E-state index in [1.165, 1.54) is 27.4 Å². The van der Waals surface area contributed by atoms with Crippen LogP contribution in [0.2, 0.25) is 0 Å². The van der Waals surface area contributed by atoms with Gasteiger partial charge in [0.15, 0.2) is 11.5 Å². The highest BCUT2D eigenvalue weighted by Gasteiger charge is 2.22. The van der Waals surface area contributed by atoms with Gasteiger partial charge in [-0.05, 0) is 18.6 Å². The molecule has 0 saturated heterocycles. The first kappa shape index (κ1) is 17.1. The van der Waals surface area contributed by atoms with Gasteiger partial charge in [0.05, 0.1) is 27.9 Å². The molecule has 0 radical (unpaired) electrons. The van der Waals surface area contributed by atoms with Crippen LogP contribution >= 0.6 is 0 Å². The van der Waals surface area contributed by atoms with Crippen molar-refractivity contribution in [1.29, 1.82) is 0 Å². The van der Waals surface area contributed by atoms with Gasteiger partial charge in [0.2, 0.25) is 5.75 Å². The van der Waals surface area contributed by atoms with Gasteiger partial charge in [0, 0.05) is 0 Å². The van der Waals surface area contributed by atoms with E-state index in [0.717, 1.165) is 19.3 Å². The van der Waals surface area contributed by atoms with Crippen molar-refractivity contribution < 1.29 is 28.8 Å². The summed E-state index contributed by atoms with van der Waals surface area (Å²) in [6.45, 7) is 2.45. The van der Waals surface area contributed by atoms with Gasteiger partial charge in [-0.15, -0.1) is 0 Å². The molecular formula is C15H22O6. The average Bonchev–Trinajstić information content (AvgIpc) is 2.52. The van der Waals surface area contributed by atoms with Crippen molar-refractivity contribution in [3.63, 3.8) is 0 Å². The zero-order valence-electron chi connectivity index (χ0n) is 12.9. The molecule has 0 saturated carbocycles. The number of methoxy groups -OCH3 is 3. The minimum atomic E-state index is -0.635. The van der Waals surface area contributed by atoms with E-state index >= 15 is 0 Å². The third-order valence-electron chi connectivity index (χ3n) is 2.89. The molecule has 0 aromatic heterocycles. The number of carbonyl (C=O) groups excluding carboxylic acids is 1. The number of rotatable bonds is 9. The lowest BCUT2D eigenvalue weighted by Gasteiger charge is -2.14. The molecule has 6 nitrogen and oxygen atoms in total. The topological polar surface area (TPSA) is 63.2 Å². The van der Waals surface area contributed by atoms with Crippen LogP contribution in [0, 0.1) is 0 Å². The van der Waals surface area contributed by atoms with Crippen molar-refractivity contribution in [3.8, 4) is 17.2 Å². The number of hydrogen-bond donors (Lipinski definition) is 0. The van der Waals surface area contributed by atoms with Gasteiger partial charge < -0.3 is 14.2 Å². The molecule has 0 bridgehead atoms. The number of hydrogen-bond acceptors (Lipinski definition) is 6. The molecule has 0 unspecified atom stereocenters. The minimum absolute atomic E-state index is 0.214. The second-order valence-corrected chi connectivity index (χ2v) is 4.28. The summed E-state index contributed by atoms with van der Waals surface area (Å²) in [4.78, 5) is 21.7. The molecular weight excluding hydrogens is 276 g/mol. The highest BCUT2D eigenvalue weighted by atomic mass is 17.2. The van der Waals surface area contributed by atoms with Gasteiger partial charge >= 0.3 is 5.97 Å². The number of carbonyl (C=O) groups is 1. The van der Waals surface area contributed by atoms with Crippen LogP contribution in [0.4, 0.5) is 0 Å². The molecule has 0 fully saturated rings. The van der Waals surface area contributed by atoms with E-state index in [0.29, 0.717) is 18.1 Å². The van der Waals surface area contributed by atoms with Crippen LogP contribution in [0.3, 0.4) is 0 Å². The highest BCUT2D eigenvalue weighted by molar-refractivity contribution is 5.93. The van der Waals surface area contributed by atoms with E-state index < -0.39 is 5.97 Å². The molecule has 1 aromatic rings. The normalized spacial score (nSPS) is 10.1. The van der Waals surface area contributed by atoms with Crippen LogP contribution in [0.15, 0.2) is 12.1 Å². The molecule has 0 atom stereocenters. The molecule has 118 valence electrons. The maximum absolute atomic E-state index is 12.0. The lowest BCUT2D eigenvalue weighted by atomic mass is 10.1. The number of benzene rings is 1. The van der Waals surface area contributed by atoms with Crippen molar-refractivity contribution in [1.82, 2.24) is 0 Å². The Balaban J connectivity index is 2.79. The smallest absolute Gasteiger partial charge is 0.376 e. The quantitative estimate of drug-likeness (QED) is 0.397. The van der Waals surface area contributed by atoms with Gasteiger partial charge in [-0.3, -0.25) is 4.89 Å². The molecule has 0 amide bonds. The first-order valence-corrected chi connectivity index (χ1v) is 6.82. The Bertz CT molecular complexity index is 458. The van der Waals surface area contributed by atoms with Crippen LogP contribution in [0.5, 0.6) is 17.2 Å². The molecule has 0 N–H and O–H groups in total. The van der Waals surface area contributed by atoms with Crippen LogP contribution in [-0.4, -0.2) is 33.9 Å². The average molecular weight is 298 g/mol. The lowest BCUT2D eigenvalue weighted by Crippen LogP contribution is -2.09. The van der Waals surface area contributed by atoms with E-state index in [-0.39, 0.29) is 11.3 Å². The lowest BCUT2D eigenvalue weighted by molar-refractivity contribution is -0.241. The van der Waals surface area contributed by atoms with E-state index in [4.69, 9.17) is 24.0 Å². The second kappa shape index (κ2) is 9.07. The third-order valence-corrected chi connectivity index (χ3v) is 2.89. The van der Waals surface area contributed by atoms with Crippen molar-refractivity contribution in [2.75, 3.05) is 27.9 Å². The van der Waals surface area contributed by atoms with Gasteiger partial charge in [-0.25, -0.2) is 4.79 Å². The van der Waals surface area contributed by atoms with Gasteiger partial charge in [0.1, 0.15) is 5.56 Å². The second-order valence-electron chi connectivity index (χ2n) is 4.28. The fourth-order valence-corrected chi connectivity index (χ4v) is 1.81. The maximum atomic E-state index is 12.0. The molecule has 0 spiro atoms. The predicted octanol–water partition coefficient (Wildman–Crippen LogP) is 2.99. The van der Waals surface area contributed by atoms with E-state index in [1.54, 1.807) is 6.07 Å². The van der Waals surface area contributed by atoms with Gasteiger partial charge in [-0.1, -0.05) is 19.8 Å². The SMILES string of the molecule is CCCCCOOC(=O)c1ccc(OC)c(OC)c1OC. The standard InChI is InChI=1S/C15H22O6/c1-5-6-7-10-20-21-15(16)11-8-9-12(17-2)14(19-4)13(11)18-3/h8-9H,5-7,10H2,1-4H3. The molecule has 0 aliphatic rings. The molecule has 1 aromatic carbocycles. The summed E-state index contributed by atoms with van der Waals surface area (Å²) in [7, 11) is 4.42. The summed E-state index contributed by atoms with van der Waals surface area (Å²) >= 11 is 0. The summed E-state index contributed by atoms with van der Waals surface area (Å²) < 4.78 is 15.6. The fourth-order valence-electron chi connectivity index (χ4n) is 1.81. The molecule has 0 heterocycles. The number of ether oxygens (including phenoxy) is 3. The maximum Gasteiger partial charge on any atom is 0.376 e. The summed E-state index contributed by atoms with van der Waals surface area (Å²) in [6.07, 6.45) is 2.94. The van der Waals surface area contributed by atoms with E-state index in [1.807, 2.05) is 0 Å². The Morgan fingerprint density at radius 2 is 1.71 bits per heavy atom. The van der Waals surface area contributed by atoms with Crippen LogP contribution in [-0.2, 0) is 9.78 Å². The monoisotopic (exact) mass is 298 g/mol.